The zero-order valence-electron chi connectivity index (χ0n) is 9.96. The van der Waals surface area contributed by atoms with Crippen LogP contribution in [0.3, 0.4) is 0 Å². The Balaban J connectivity index is 2.14. The van der Waals surface area contributed by atoms with E-state index in [1.807, 2.05) is 12.1 Å². The molecule has 0 spiro atoms. The van der Waals surface area contributed by atoms with Gasteiger partial charge in [0.25, 0.3) is 0 Å². The van der Waals surface area contributed by atoms with Gasteiger partial charge in [0, 0.05) is 0 Å². The topological polar surface area (TPSA) is 79.5 Å². The van der Waals surface area contributed by atoms with Crippen molar-refractivity contribution >= 4 is 29.3 Å². The zero-order valence-corrected chi connectivity index (χ0v) is 10.8. The van der Waals surface area contributed by atoms with Crippen LogP contribution in [0.25, 0.3) is 5.65 Å². The molecule has 2 aromatic rings. The number of imidazole rings is 1. The molecule has 0 aliphatic heterocycles. The van der Waals surface area contributed by atoms with Crippen LogP contribution in [-0.2, 0) is 0 Å². The van der Waals surface area contributed by atoms with Gasteiger partial charge in [0.2, 0.25) is 0 Å². The number of aromatic nitrogens is 3. The third-order valence-corrected chi connectivity index (χ3v) is 3.28. The molecule has 0 saturated carbocycles. The summed E-state index contributed by atoms with van der Waals surface area (Å²) >= 11 is 1.69. The van der Waals surface area contributed by atoms with Gasteiger partial charge in [-0.25, -0.2) is 14.3 Å². The lowest BCUT2D eigenvalue weighted by Gasteiger charge is -1.99. The van der Waals surface area contributed by atoms with E-state index in [4.69, 9.17) is 5.11 Å². The van der Waals surface area contributed by atoms with Crippen molar-refractivity contribution in [3.05, 3.63) is 18.3 Å². The maximum absolute atomic E-state index is 10.5. The molecule has 18 heavy (non-hydrogen) atoms. The van der Waals surface area contributed by atoms with Crippen LogP contribution in [0.1, 0.15) is 19.8 Å². The highest BCUT2D eigenvalue weighted by atomic mass is 32.2. The van der Waals surface area contributed by atoms with Gasteiger partial charge in [-0.2, -0.15) is 5.10 Å². The van der Waals surface area contributed by atoms with Crippen LogP contribution >= 0.6 is 11.8 Å². The highest BCUT2D eigenvalue weighted by Gasteiger charge is 2.06. The number of carboxylic acid groups (broad SMARTS) is 1. The fraction of sp³-hybridized carbons (Fsp3) is 0.364. The maximum Gasteiger partial charge on any atom is 0.410 e. The van der Waals surface area contributed by atoms with E-state index in [9.17, 15) is 4.79 Å². The number of amides is 1. The lowest BCUT2D eigenvalue weighted by molar-refractivity contribution is 0.209. The van der Waals surface area contributed by atoms with E-state index in [0.717, 1.165) is 23.6 Å². The number of fused-ring (bicyclic) bond motifs is 1. The maximum atomic E-state index is 10.5. The Morgan fingerprint density at radius 3 is 3.11 bits per heavy atom. The third-order valence-electron chi connectivity index (χ3n) is 2.28. The highest BCUT2D eigenvalue weighted by Crippen LogP contribution is 2.18. The fourth-order valence-corrected chi connectivity index (χ4v) is 2.38. The summed E-state index contributed by atoms with van der Waals surface area (Å²) in [6, 6.07) is 3.72. The lowest BCUT2D eigenvalue weighted by atomic mass is 10.4. The first-order chi connectivity index (χ1) is 8.69. The number of carbonyl (C=O) groups is 1. The molecule has 1 amide bonds. The van der Waals surface area contributed by atoms with Crippen LogP contribution in [0, 0.1) is 0 Å². The van der Waals surface area contributed by atoms with Gasteiger partial charge in [-0.1, -0.05) is 13.3 Å². The van der Waals surface area contributed by atoms with E-state index in [-0.39, 0.29) is 5.82 Å². The van der Waals surface area contributed by atoms with E-state index in [1.54, 1.807) is 22.5 Å². The standard InChI is InChI=1S/C11H14N4O2S/c1-2-3-6-18-10-5-4-9-12-8(13-11(16)17)7-15(9)14-10/h4-5,7,13H,2-3,6H2,1H3,(H,16,17). The van der Waals surface area contributed by atoms with Crippen molar-refractivity contribution in [3.63, 3.8) is 0 Å². The van der Waals surface area contributed by atoms with Crippen LogP contribution in [0.5, 0.6) is 0 Å². The Kier molecular flexibility index (Phi) is 4.03. The summed E-state index contributed by atoms with van der Waals surface area (Å²) in [6.07, 6.45) is 2.75. The Labute approximate surface area is 108 Å². The van der Waals surface area contributed by atoms with E-state index in [0.29, 0.717) is 5.65 Å². The molecule has 0 bridgehead atoms. The van der Waals surface area contributed by atoms with Crippen molar-refractivity contribution < 1.29 is 9.90 Å². The molecule has 2 heterocycles. The van der Waals surface area contributed by atoms with E-state index >= 15 is 0 Å². The minimum Gasteiger partial charge on any atom is -0.465 e. The van der Waals surface area contributed by atoms with Crippen molar-refractivity contribution in [1.82, 2.24) is 14.6 Å². The molecule has 96 valence electrons. The molecule has 0 fully saturated rings. The van der Waals surface area contributed by atoms with Crippen LogP contribution in [0.15, 0.2) is 23.4 Å². The summed E-state index contributed by atoms with van der Waals surface area (Å²) in [5.41, 5.74) is 0.624. The number of rotatable bonds is 5. The molecule has 0 aliphatic carbocycles. The quantitative estimate of drug-likeness (QED) is 0.642. The molecule has 0 saturated heterocycles. The second-order valence-corrected chi connectivity index (χ2v) is 4.85. The fourth-order valence-electron chi connectivity index (χ4n) is 1.43. The van der Waals surface area contributed by atoms with Crippen molar-refractivity contribution in [1.29, 1.82) is 0 Å². The lowest BCUT2D eigenvalue weighted by Crippen LogP contribution is -2.07. The first-order valence-corrected chi connectivity index (χ1v) is 6.67. The second kappa shape index (κ2) is 5.72. The van der Waals surface area contributed by atoms with Gasteiger partial charge >= 0.3 is 6.09 Å². The number of unbranched alkanes of at least 4 members (excludes halogenated alkanes) is 1. The summed E-state index contributed by atoms with van der Waals surface area (Å²) in [7, 11) is 0. The first kappa shape index (κ1) is 12.7. The van der Waals surface area contributed by atoms with E-state index in [1.165, 1.54) is 0 Å². The average molecular weight is 266 g/mol. The molecular weight excluding hydrogens is 252 g/mol. The van der Waals surface area contributed by atoms with Gasteiger partial charge in [-0.15, -0.1) is 11.8 Å². The van der Waals surface area contributed by atoms with Crippen molar-refractivity contribution in [2.45, 2.75) is 24.8 Å². The molecule has 2 rings (SSSR count). The SMILES string of the molecule is CCCCSc1ccc2nc(NC(=O)O)cn2n1. The molecule has 7 heteroatoms. The van der Waals surface area contributed by atoms with Gasteiger partial charge < -0.3 is 5.11 Å². The smallest absolute Gasteiger partial charge is 0.410 e. The highest BCUT2D eigenvalue weighted by molar-refractivity contribution is 7.99. The molecule has 2 aromatic heterocycles. The van der Waals surface area contributed by atoms with Gasteiger partial charge in [-0.3, -0.25) is 5.32 Å². The second-order valence-electron chi connectivity index (χ2n) is 3.73. The predicted molar refractivity (Wildman–Crippen MR) is 70.3 cm³/mol. The Morgan fingerprint density at radius 1 is 1.56 bits per heavy atom. The molecular formula is C11H14N4O2S. The number of nitrogens with one attached hydrogen (secondary N) is 1. The first-order valence-electron chi connectivity index (χ1n) is 5.68. The molecule has 0 radical (unpaired) electrons. The van der Waals surface area contributed by atoms with Gasteiger partial charge in [-0.05, 0) is 24.3 Å². The Morgan fingerprint density at radius 2 is 2.39 bits per heavy atom. The average Bonchev–Trinajstić information content (AvgIpc) is 2.69. The minimum atomic E-state index is -1.13. The van der Waals surface area contributed by atoms with Crippen LogP contribution in [0.2, 0.25) is 0 Å². The van der Waals surface area contributed by atoms with Gasteiger partial charge in [0.1, 0.15) is 5.03 Å². The molecule has 0 aromatic carbocycles. The Hall–Kier alpha value is -1.76. The summed E-state index contributed by atoms with van der Waals surface area (Å²) in [5.74, 6) is 1.31. The molecule has 2 N–H and O–H groups in total. The normalized spacial score (nSPS) is 10.7. The molecule has 0 unspecified atom stereocenters. The van der Waals surface area contributed by atoms with Gasteiger partial charge in [0.05, 0.1) is 6.20 Å². The number of anilines is 1. The summed E-state index contributed by atoms with van der Waals surface area (Å²) in [6.45, 7) is 2.15. The summed E-state index contributed by atoms with van der Waals surface area (Å²) < 4.78 is 1.58. The number of hydrogen-bond donors (Lipinski definition) is 2. The number of hydrogen-bond acceptors (Lipinski definition) is 4. The van der Waals surface area contributed by atoms with Crippen LogP contribution in [-0.4, -0.2) is 31.6 Å². The number of thioether (sulfide) groups is 1. The predicted octanol–water partition coefficient (Wildman–Crippen LogP) is 2.71. The third kappa shape index (κ3) is 3.13. The van der Waals surface area contributed by atoms with Crippen LogP contribution < -0.4 is 5.32 Å². The van der Waals surface area contributed by atoms with Crippen molar-refractivity contribution in [2.75, 3.05) is 11.1 Å². The number of nitrogens with zero attached hydrogens (tertiary/aromatic N) is 3. The van der Waals surface area contributed by atoms with E-state index in [2.05, 4.69) is 22.3 Å². The summed E-state index contributed by atoms with van der Waals surface area (Å²) in [5, 5.41) is 16.1. The van der Waals surface area contributed by atoms with Crippen molar-refractivity contribution in [2.24, 2.45) is 0 Å². The minimum absolute atomic E-state index is 0.283. The van der Waals surface area contributed by atoms with Crippen LogP contribution in [0.4, 0.5) is 10.6 Å². The Bertz CT molecular complexity index is 555. The van der Waals surface area contributed by atoms with Gasteiger partial charge in [0.15, 0.2) is 11.5 Å². The molecule has 0 aliphatic rings. The zero-order chi connectivity index (χ0) is 13.0. The summed E-state index contributed by atoms with van der Waals surface area (Å²) in [4.78, 5) is 14.6. The largest absolute Gasteiger partial charge is 0.465 e. The molecule has 6 nitrogen and oxygen atoms in total. The monoisotopic (exact) mass is 266 g/mol. The molecule has 0 atom stereocenters. The van der Waals surface area contributed by atoms with E-state index < -0.39 is 6.09 Å². The van der Waals surface area contributed by atoms with Crippen molar-refractivity contribution in [3.8, 4) is 0 Å².